The second kappa shape index (κ2) is 7.18. The highest BCUT2D eigenvalue weighted by molar-refractivity contribution is 9.10. The van der Waals surface area contributed by atoms with Gasteiger partial charge in [-0.05, 0) is 45.8 Å². The highest BCUT2D eigenvalue weighted by Gasteiger charge is 2.21. The normalized spacial score (nSPS) is 10.8. The SMILES string of the molecule is O=C(N(Cc1ccccc1)c1ccccc1Br)n1ccc2ccccc21. The average molecular weight is 405 g/mol. The summed E-state index contributed by atoms with van der Waals surface area (Å²) < 4.78 is 2.60. The van der Waals surface area contributed by atoms with Crippen molar-refractivity contribution in [2.24, 2.45) is 0 Å². The summed E-state index contributed by atoms with van der Waals surface area (Å²) in [4.78, 5) is 15.2. The quantitative estimate of drug-likeness (QED) is 0.406. The molecular formula is C22H17BrN2O. The summed E-state index contributed by atoms with van der Waals surface area (Å²) in [6.45, 7) is 0.495. The minimum absolute atomic E-state index is 0.0815. The largest absolute Gasteiger partial charge is 0.333 e. The predicted octanol–water partition coefficient (Wildman–Crippen LogP) is 6.08. The molecule has 128 valence electrons. The fourth-order valence-electron chi connectivity index (χ4n) is 3.07. The summed E-state index contributed by atoms with van der Waals surface area (Å²) in [6, 6.07) is 27.6. The summed E-state index contributed by atoms with van der Waals surface area (Å²) in [5, 5.41) is 1.05. The van der Waals surface area contributed by atoms with Gasteiger partial charge in [0.25, 0.3) is 0 Å². The smallest absolute Gasteiger partial charge is 0.288 e. The maximum absolute atomic E-state index is 13.4. The van der Waals surface area contributed by atoms with E-state index in [0.29, 0.717) is 6.54 Å². The summed E-state index contributed by atoms with van der Waals surface area (Å²) in [5.74, 6) is 0. The van der Waals surface area contributed by atoms with E-state index in [1.807, 2.05) is 91.1 Å². The van der Waals surface area contributed by atoms with E-state index in [2.05, 4.69) is 15.9 Å². The predicted molar refractivity (Wildman–Crippen MR) is 109 cm³/mol. The zero-order valence-corrected chi connectivity index (χ0v) is 15.6. The number of carbonyl (C=O) groups excluding carboxylic acids is 1. The zero-order chi connectivity index (χ0) is 17.9. The van der Waals surface area contributed by atoms with Gasteiger partial charge < -0.3 is 0 Å². The van der Waals surface area contributed by atoms with E-state index in [0.717, 1.165) is 26.6 Å². The van der Waals surface area contributed by atoms with Gasteiger partial charge in [-0.3, -0.25) is 9.47 Å². The molecule has 1 aromatic heterocycles. The van der Waals surface area contributed by atoms with Crippen LogP contribution in [0, 0.1) is 0 Å². The third-order valence-electron chi connectivity index (χ3n) is 4.36. The second-order valence-corrected chi connectivity index (χ2v) is 6.90. The fourth-order valence-corrected chi connectivity index (χ4v) is 3.57. The Morgan fingerprint density at radius 3 is 2.35 bits per heavy atom. The standard InChI is InChI=1S/C22H17BrN2O/c23-19-11-5-7-13-21(19)25(16-17-8-2-1-3-9-17)22(26)24-15-14-18-10-4-6-12-20(18)24/h1-15H,16H2. The van der Waals surface area contributed by atoms with Crippen molar-refractivity contribution in [2.75, 3.05) is 4.90 Å². The maximum Gasteiger partial charge on any atom is 0.333 e. The fraction of sp³-hybridized carbons (Fsp3) is 0.0455. The first-order valence-corrected chi connectivity index (χ1v) is 9.20. The lowest BCUT2D eigenvalue weighted by Gasteiger charge is -2.24. The number of amides is 1. The van der Waals surface area contributed by atoms with Gasteiger partial charge in [-0.2, -0.15) is 0 Å². The molecular weight excluding hydrogens is 388 g/mol. The lowest BCUT2D eigenvalue weighted by molar-refractivity contribution is 0.248. The van der Waals surface area contributed by atoms with Crippen LogP contribution in [-0.2, 0) is 6.54 Å². The summed E-state index contributed by atoms with van der Waals surface area (Å²) in [7, 11) is 0. The van der Waals surface area contributed by atoms with E-state index in [4.69, 9.17) is 0 Å². The summed E-state index contributed by atoms with van der Waals surface area (Å²) >= 11 is 3.59. The number of carbonyl (C=O) groups is 1. The van der Waals surface area contributed by atoms with Crippen LogP contribution < -0.4 is 4.90 Å². The molecule has 0 bridgehead atoms. The molecule has 0 saturated heterocycles. The molecule has 0 N–H and O–H groups in total. The molecule has 0 atom stereocenters. The van der Waals surface area contributed by atoms with Crippen molar-refractivity contribution in [3.63, 3.8) is 0 Å². The third kappa shape index (κ3) is 3.16. The second-order valence-electron chi connectivity index (χ2n) is 6.05. The van der Waals surface area contributed by atoms with Crippen molar-refractivity contribution in [2.45, 2.75) is 6.54 Å². The van der Waals surface area contributed by atoms with Gasteiger partial charge in [0.2, 0.25) is 0 Å². The van der Waals surface area contributed by atoms with Crippen molar-refractivity contribution < 1.29 is 4.79 Å². The first-order valence-electron chi connectivity index (χ1n) is 8.40. The van der Waals surface area contributed by atoms with Crippen LogP contribution >= 0.6 is 15.9 Å². The Bertz CT molecular complexity index is 1060. The molecule has 3 nitrogen and oxygen atoms in total. The number of anilines is 1. The Morgan fingerprint density at radius 2 is 1.54 bits per heavy atom. The lowest BCUT2D eigenvalue weighted by Crippen LogP contribution is -2.34. The number of nitrogens with zero attached hydrogens (tertiary/aromatic N) is 2. The number of para-hydroxylation sites is 2. The molecule has 1 heterocycles. The molecule has 0 aliphatic heterocycles. The molecule has 3 aromatic carbocycles. The van der Waals surface area contributed by atoms with E-state index in [1.165, 1.54) is 0 Å². The molecule has 0 fully saturated rings. The van der Waals surface area contributed by atoms with Crippen molar-refractivity contribution in [1.82, 2.24) is 4.57 Å². The van der Waals surface area contributed by atoms with Gasteiger partial charge in [0.05, 0.1) is 17.7 Å². The molecule has 0 saturated carbocycles. The van der Waals surface area contributed by atoms with Crippen LogP contribution in [-0.4, -0.2) is 10.6 Å². The van der Waals surface area contributed by atoms with Gasteiger partial charge in [-0.25, -0.2) is 4.79 Å². The molecule has 0 aliphatic rings. The van der Waals surface area contributed by atoms with Gasteiger partial charge in [0.15, 0.2) is 0 Å². The molecule has 1 amide bonds. The third-order valence-corrected chi connectivity index (χ3v) is 5.03. The highest BCUT2D eigenvalue weighted by Crippen LogP contribution is 2.29. The van der Waals surface area contributed by atoms with Crippen molar-refractivity contribution in [1.29, 1.82) is 0 Å². The first kappa shape index (κ1) is 16.6. The van der Waals surface area contributed by atoms with Crippen molar-refractivity contribution >= 4 is 38.6 Å². The van der Waals surface area contributed by atoms with E-state index in [1.54, 1.807) is 9.47 Å². The Hall–Kier alpha value is -2.85. The van der Waals surface area contributed by atoms with Crippen molar-refractivity contribution in [3.05, 3.63) is 101 Å². The molecule has 4 heteroatoms. The van der Waals surface area contributed by atoms with Crippen LogP contribution in [0.5, 0.6) is 0 Å². The van der Waals surface area contributed by atoms with Gasteiger partial charge in [0, 0.05) is 16.1 Å². The lowest BCUT2D eigenvalue weighted by atomic mass is 10.2. The minimum Gasteiger partial charge on any atom is -0.288 e. The Morgan fingerprint density at radius 1 is 0.846 bits per heavy atom. The van der Waals surface area contributed by atoms with Crippen LogP contribution in [0.3, 0.4) is 0 Å². The number of benzene rings is 3. The van der Waals surface area contributed by atoms with Gasteiger partial charge >= 0.3 is 6.03 Å². The van der Waals surface area contributed by atoms with E-state index < -0.39 is 0 Å². The summed E-state index contributed by atoms with van der Waals surface area (Å²) in [6.07, 6.45) is 1.84. The molecule has 26 heavy (non-hydrogen) atoms. The van der Waals surface area contributed by atoms with Crippen LogP contribution in [0.15, 0.2) is 95.6 Å². The Balaban J connectivity index is 1.79. The topological polar surface area (TPSA) is 25.2 Å². The van der Waals surface area contributed by atoms with Gasteiger partial charge in [0.1, 0.15) is 0 Å². The van der Waals surface area contributed by atoms with Crippen LogP contribution in [0.2, 0.25) is 0 Å². The summed E-state index contributed by atoms with van der Waals surface area (Å²) in [5.41, 5.74) is 2.83. The minimum atomic E-state index is -0.0815. The van der Waals surface area contributed by atoms with Crippen LogP contribution in [0.25, 0.3) is 10.9 Å². The van der Waals surface area contributed by atoms with E-state index in [9.17, 15) is 4.79 Å². The number of rotatable bonds is 3. The Labute approximate surface area is 160 Å². The number of halogens is 1. The number of hydrogen-bond acceptors (Lipinski definition) is 1. The van der Waals surface area contributed by atoms with Gasteiger partial charge in [-0.1, -0.05) is 60.7 Å². The highest BCUT2D eigenvalue weighted by atomic mass is 79.9. The molecule has 0 radical (unpaired) electrons. The Kier molecular flexibility index (Phi) is 4.59. The monoisotopic (exact) mass is 404 g/mol. The van der Waals surface area contributed by atoms with E-state index in [-0.39, 0.29) is 6.03 Å². The number of fused-ring (bicyclic) bond motifs is 1. The first-order chi connectivity index (χ1) is 12.7. The van der Waals surface area contributed by atoms with Crippen LogP contribution in [0.1, 0.15) is 5.56 Å². The average Bonchev–Trinajstić information content (AvgIpc) is 3.11. The molecule has 0 spiro atoms. The molecule has 4 aromatic rings. The zero-order valence-electron chi connectivity index (χ0n) is 14.0. The van der Waals surface area contributed by atoms with E-state index >= 15 is 0 Å². The molecule has 0 unspecified atom stereocenters. The number of aromatic nitrogens is 1. The maximum atomic E-state index is 13.4. The van der Waals surface area contributed by atoms with Crippen LogP contribution in [0.4, 0.5) is 10.5 Å². The van der Waals surface area contributed by atoms with Gasteiger partial charge in [-0.15, -0.1) is 0 Å². The molecule has 4 rings (SSSR count). The number of hydrogen-bond donors (Lipinski definition) is 0. The molecule has 0 aliphatic carbocycles. The van der Waals surface area contributed by atoms with Crippen molar-refractivity contribution in [3.8, 4) is 0 Å².